The normalized spacial score (nSPS) is 17.8. The molecule has 0 spiro atoms. The van der Waals surface area contributed by atoms with E-state index in [1.54, 1.807) is 48.8 Å². The van der Waals surface area contributed by atoms with E-state index in [1.807, 2.05) is 32.0 Å². The number of amides is 1. The number of aryl methyl sites for hydroxylation is 2. The molecule has 6 heteroatoms. The fourth-order valence-electron chi connectivity index (χ4n) is 3.97. The van der Waals surface area contributed by atoms with E-state index in [0.29, 0.717) is 22.6 Å². The van der Waals surface area contributed by atoms with Crippen molar-refractivity contribution >= 4 is 23.1 Å². The summed E-state index contributed by atoms with van der Waals surface area (Å²) in [5.41, 5.74) is 3.57. The predicted molar refractivity (Wildman–Crippen MR) is 118 cm³/mol. The maximum Gasteiger partial charge on any atom is 0.300 e. The lowest BCUT2D eigenvalue weighted by molar-refractivity contribution is -0.132. The summed E-state index contributed by atoms with van der Waals surface area (Å²) in [4.78, 5) is 31.9. The predicted octanol–water partition coefficient (Wildman–Crippen LogP) is 4.33. The Labute approximate surface area is 180 Å². The molecule has 1 amide bonds. The van der Waals surface area contributed by atoms with Gasteiger partial charge in [0.2, 0.25) is 0 Å². The third-order valence-corrected chi connectivity index (χ3v) is 5.27. The minimum absolute atomic E-state index is 0.0189. The number of aliphatic hydroxyl groups is 1. The van der Waals surface area contributed by atoms with Crippen LogP contribution in [0.2, 0.25) is 0 Å². The minimum atomic E-state index is -0.805. The Bertz CT molecular complexity index is 1180. The third kappa shape index (κ3) is 3.68. The number of rotatable bonds is 4. The average Bonchev–Trinajstić information content (AvgIpc) is 3.04. The van der Waals surface area contributed by atoms with Crippen molar-refractivity contribution in [2.45, 2.75) is 19.9 Å². The second-order valence-electron chi connectivity index (χ2n) is 7.53. The first kappa shape index (κ1) is 20.3. The Hall–Kier alpha value is -3.93. The summed E-state index contributed by atoms with van der Waals surface area (Å²) in [6, 6.07) is 15.2. The number of aromatic nitrogens is 1. The summed E-state index contributed by atoms with van der Waals surface area (Å²) >= 11 is 0. The van der Waals surface area contributed by atoms with E-state index >= 15 is 0 Å². The van der Waals surface area contributed by atoms with E-state index in [2.05, 4.69) is 4.98 Å². The Kier molecular flexibility index (Phi) is 5.29. The van der Waals surface area contributed by atoms with Crippen LogP contribution in [-0.2, 0) is 9.59 Å². The molecule has 31 heavy (non-hydrogen) atoms. The topological polar surface area (TPSA) is 79.7 Å². The smallest absolute Gasteiger partial charge is 0.300 e. The summed E-state index contributed by atoms with van der Waals surface area (Å²) in [6.45, 7) is 3.87. The molecular weight excluding hydrogens is 392 g/mol. The average molecular weight is 414 g/mol. The lowest BCUT2D eigenvalue weighted by Crippen LogP contribution is -2.29. The van der Waals surface area contributed by atoms with Gasteiger partial charge in [0.05, 0.1) is 18.7 Å². The van der Waals surface area contributed by atoms with Crippen LogP contribution in [0.5, 0.6) is 5.75 Å². The molecule has 0 radical (unpaired) electrons. The SMILES string of the molecule is COc1cccc(/C(O)=C2\C(=O)C(=O)N(c3cc(C)cc(C)c3)C2c2cccnc2)c1. The van der Waals surface area contributed by atoms with Crippen LogP contribution < -0.4 is 9.64 Å². The maximum atomic E-state index is 13.2. The maximum absolute atomic E-state index is 13.2. The van der Waals surface area contributed by atoms with Crippen molar-refractivity contribution in [3.05, 3.63) is 94.8 Å². The van der Waals surface area contributed by atoms with Crippen LogP contribution in [0.15, 0.2) is 72.6 Å². The van der Waals surface area contributed by atoms with Gasteiger partial charge in [-0.2, -0.15) is 0 Å². The van der Waals surface area contributed by atoms with Gasteiger partial charge in [-0.3, -0.25) is 19.5 Å². The number of hydrogen-bond donors (Lipinski definition) is 1. The minimum Gasteiger partial charge on any atom is -0.507 e. The number of pyridine rings is 1. The van der Waals surface area contributed by atoms with Crippen LogP contribution in [0, 0.1) is 13.8 Å². The van der Waals surface area contributed by atoms with E-state index in [4.69, 9.17) is 4.74 Å². The van der Waals surface area contributed by atoms with Crippen molar-refractivity contribution in [1.82, 2.24) is 4.98 Å². The quantitative estimate of drug-likeness (QED) is 0.390. The first-order valence-electron chi connectivity index (χ1n) is 9.84. The van der Waals surface area contributed by atoms with Crippen LogP contribution in [0.1, 0.15) is 28.3 Å². The number of anilines is 1. The standard InChI is InChI=1S/C25H22N2O4/c1-15-10-16(2)12-19(11-15)27-22(18-7-5-9-26-14-18)21(24(29)25(27)30)23(28)17-6-4-8-20(13-17)31-3/h4-14,22,28H,1-3H3/b23-21+. The second-order valence-corrected chi connectivity index (χ2v) is 7.53. The highest BCUT2D eigenvalue weighted by atomic mass is 16.5. The first-order chi connectivity index (χ1) is 14.9. The molecule has 4 rings (SSSR count). The van der Waals surface area contributed by atoms with Crippen LogP contribution in [-0.4, -0.2) is 28.9 Å². The Morgan fingerprint density at radius 2 is 1.77 bits per heavy atom. The zero-order chi connectivity index (χ0) is 22.1. The van der Waals surface area contributed by atoms with E-state index in [9.17, 15) is 14.7 Å². The molecule has 2 aromatic carbocycles. The van der Waals surface area contributed by atoms with Crippen molar-refractivity contribution in [3.8, 4) is 5.75 Å². The third-order valence-electron chi connectivity index (χ3n) is 5.27. The van der Waals surface area contributed by atoms with Crippen molar-refractivity contribution in [2.24, 2.45) is 0 Å². The zero-order valence-electron chi connectivity index (χ0n) is 17.5. The number of benzene rings is 2. The van der Waals surface area contributed by atoms with Gasteiger partial charge in [0.1, 0.15) is 11.5 Å². The monoisotopic (exact) mass is 414 g/mol. The van der Waals surface area contributed by atoms with Gasteiger partial charge in [-0.1, -0.05) is 24.3 Å². The molecule has 1 aromatic heterocycles. The highest BCUT2D eigenvalue weighted by molar-refractivity contribution is 6.51. The van der Waals surface area contributed by atoms with Gasteiger partial charge in [-0.25, -0.2) is 0 Å². The fraction of sp³-hybridized carbons (Fsp3) is 0.160. The summed E-state index contributed by atoms with van der Waals surface area (Å²) in [5, 5.41) is 11.1. The van der Waals surface area contributed by atoms with Crippen molar-refractivity contribution in [2.75, 3.05) is 12.0 Å². The number of ether oxygens (including phenoxy) is 1. The molecular formula is C25H22N2O4. The largest absolute Gasteiger partial charge is 0.507 e. The summed E-state index contributed by atoms with van der Waals surface area (Å²) in [7, 11) is 1.52. The van der Waals surface area contributed by atoms with Crippen molar-refractivity contribution in [3.63, 3.8) is 0 Å². The Morgan fingerprint density at radius 1 is 1.03 bits per heavy atom. The molecule has 1 atom stereocenters. The Morgan fingerprint density at radius 3 is 2.42 bits per heavy atom. The number of carbonyl (C=O) groups excluding carboxylic acids is 2. The van der Waals surface area contributed by atoms with Gasteiger partial charge < -0.3 is 9.84 Å². The van der Waals surface area contributed by atoms with Gasteiger partial charge in [0.25, 0.3) is 11.7 Å². The molecule has 0 saturated carbocycles. The van der Waals surface area contributed by atoms with Gasteiger partial charge in [0, 0.05) is 23.6 Å². The number of nitrogens with zero attached hydrogens (tertiary/aromatic N) is 2. The highest BCUT2D eigenvalue weighted by Gasteiger charge is 2.47. The molecule has 1 N–H and O–H groups in total. The van der Waals surface area contributed by atoms with Gasteiger partial charge in [-0.05, 0) is 60.9 Å². The lowest BCUT2D eigenvalue weighted by atomic mass is 9.96. The van der Waals surface area contributed by atoms with Gasteiger partial charge >= 0.3 is 0 Å². The van der Waals surface area contributed by atoms with Crippen LogP contribution in [0.4, 0.5) is 5.69 Å². The van der Waals surface area contributed by atoms with E-state index in [1.165, 1.54) is 12.0 Å². The summed E-state index contributed by atoms with van der Waals surface area (Å²) in [6.07, 6.45) is 3.22. The van der Waals surface area contributed by atoms with Crippen LogP contribution >= 0.6 is 0 Å². The first-order valence-corrected chi connectivity index (χ1v) is 9.84. The number of ketones is 1. The Balaban J connectivity index is 1.96. The molecule has 0 aliphatic carbocycles. The molecule has 1 aliphatic heterocycles. The van der Waals surface area contributed by atoms with Gasteiger partial charge in [-0.15, -0.1) is 0 Å². The number of Topliss-reactive ketones (excluding diaryl/α,β-unsaturated/α-hetero) is 1. The second kappa shape index (κ2) is 8.07. The van der Waals surface area contributed by atoms with Crippen LogP contribution in [0.3, 0.4) is 0 Å². The van der Waals surface area contributed by atoms with Crippen molar-refractivity contribution < 1.29 is 19.4 Å². The molecule has 2 heterocycles. The molecule has 1 aliphatic rings. The zero-order valence-corrected chi connectivity index (χ0v) is 17.5. The number of aliphatic hydroxyl groups excluding tert-OH is 1. The lowest BCUT2D eigenvalue weighted by Gasteiger charge is -2.26. The fourth-order valence-corrected chi connectivity index (χ4v) is 3.97. The molecule has 1 saturated heterocycles. The molecule has 6 nitrogen and oxygen atoms in total. The molecule has 1 fully saturated rings. The molecule has 156 valence electrons. The van der Waals surface area contributed by atoms with Crippen LogP contribution in [0.25, 0.3) is 5.76 Å². The van der Waals surface area contributed by atoms with E-state index in [0.717, 1.165) is 11.1 Å². The highest BCUT2D eigenvalue weighted by Crippen LogP contribution is 2.42. The molecule has 1 unspecified atom stereocenters. The van der Waals surface area contributed by atoms with Crippen molar-refractivity contribution in [1.29, 1.82) is 0 Å². The van der Waals surface area contributed by atoms with Gasteiger partial charge in [0.15, 0.2) is 0 Å². The van der Waals surface area contributed by atoms with E-state index < -0.39 is 17.7 Å². The molecule has 3 aromatic rings. The number of methoxy groups -OCH3 is 1. The number of hydrogen-bond acceptors (Lipinski definition) is 5. The summed E-state index contributed by atoms with van der Waals surface area (Å²) in [5.74, 6) is -1.15. The number of carbonyl (C=O) groups is 2. The van der Waals surface area contributed by atoms with E-state index in [-0.39, 0.29) is 11.3 Å². The molecule has 0 bridgehead atoms. The summed E-state index contributed by atoms with van der Waals surface area (Å²) < 4.78 is 5.24.